The summed E-state index contributed by atoms with van der Waals surface area (Å²) in [5, 5.41) is 24.9. The molecule has 240 valence electrons. The van der Waals surface area contributed by atoms with E-state index in [1.807, 2.05) is 19.2 Å². The van der Waals surface area contributed by atoms with Crippen molar-refractivity contribution in [3.8, 4) is 11.5 Å². The minimum atomic E-state index is -0.905. The molecule has 3 aromatic rings. The normalized spacial score (nSPS) is 23.4. The maximum atomic E-state index is 13.0. The number of anilines is 2. The predicted molar refractivity (Wildman–Crippen MR) is 181 cm³/mol. The number of rotatable bonds is 9. The number of ether oxygens (including phenoxy) is 2. The van der Waals surface area contributed by atoms with Crippen molar-refractivity contribution in [2.24, 2.45) is 5.41 Å². The molecule has 1 aliphatic carbocycles. The minimum absolute atomic E-state index is 0.00772. The summed E-state index contributed by atoms with van der Waals surface area (Å²) in [6.45, 7) is 7.51. The molecule has 0 bridgehead atoms. The Bertz CT molecular complexity index is 1580. The third-order valence-corrected chi connectivity index (χ3v) is 11.2. The van der Waals surface area contributed by atoms with Gasteiger partial charge >= 0.3 is 0 Å². The topological polar surface area (TPSA) is 111 Å². The lowest BCUT2D eigenvalue weighted by molar-refractivity contribution is 0.0315. The van der Waals surface area contributed by atoms with E-state index < -0.39 is 5.60 Å². The molecule has 2 saturated heterocycles. The first-order valence-corrected chi connectivity index (χ1v) is 17.1. The van der Waals surface area contributed by atoms with Gasteiger partial charge in [0.1, 0.15) is 6.33 Å². The number of likely N-dealkylation sites (tertiary alicyclic amines) is 1. The third-order valence-electron chi connectivity index (χ3n) is 10.3. The largest absolute Gasteiger partial charge is 0.503 e. The zero-order valence-corrected chi connectivity index (χ0v) is 28.3. The maximum absolute atomic E-state index is 13.0. The SMILES string of the molecule is COC1CCN(CC2(COc3c(O)c(N4CCCC(C)(O)C4)c4c(N5Cc6cncnc6C5)ccc(I)c4c3C=O)CC2)CC1. The van der Waals surface area contributed by atoms with E-state index >= 15 is 0 Å². The van der Waals surface area contributed by atoms with Gasteiger partial charge in [-0.25, -0.2) is 9.97 Å². The van der Waals surface area contributed by atoms with E-state index in [0.29, 0.717) is 56.6 Å². The number of β-amino-alcohol motifs (C(OH)–C–C–N with tert-alkyl or cyclic N) is 1. The van der Waals surface area contributed by atoms with Gasteiger partial charge in [-0.2, -0.15) is 0 Å². The number of nitrogens with zero attached hydrogens (tertiary/aromatic N) is 5. The average Bonchev–Trinajstić information content (AvgIpc) is 3.65. The van der Waals surface area contributed by atoms with Crippen LogP contribution in [0.15, 0.2) is 24.7 Å². The maximum Gasteiger partial charge on any atom is 0.183 e. The number of phenols is 1. The van der Waals surface area contributed by atoms with Gasteiger partial charge in [0.2, 0.25) is 0 Å². The van der Waals surface area contributed by atoms with Crippen LogP contribution in [0.25, 0.3) is 10.8 Å². The van der Waals surface area contributed by atoms with Gasteiger partial charge < -0.3 is 34.4 Å². The molecule has 0 spiro atoms. The molecule has 1 saturated carbocycles. The molecule has 2 aromatic carbocycles. The molecule has 3 fully saturated rings. The van der Waals surface area contributed by atoms with Crippen LogP contribution in [0.1, 0.15) is 67.1 Å². The van der Waals surface area contributed by atoms with Crippen LogP contribution in [0.5, 0.6) is 11.5 Å². The molecule has 0 radical (unpaired) electrons. The highest BCUT2D eigenvalue weighted by Gasteiger charge is 2.46. The second kappa shape index (κ2) is 12.1. The summed E-state index contributed by atoms with van der Waals surface area (Å²) in [6.07, 6.45) is 10.3. The van der Waals surface area contributed by atoms with E-state index in [2.05, 4.69) is 53.3 Å². The summed E-state index contributed by atoms with van der Waals surface area (Å²) in [6, 6.07) is 4.10. The number of hydrogen-bond acceptors (Lipinski definition) is 10. The number of benzene rings is 2. The van der Waals surface area contributed by atoms with Gasteiger partial charge in [-0.15, -0.1) is 0 Å². The zero-order valence-electron chi connectivity index (χ0n) is 26.1. The van der Waals surface area contributed by atoms with Gasteiger partial charge in [-0.1, -0.05) is 0 Å². The molecule has 1 unspecified atom stereocenters. The molecule has 10 nitrogen and oxygen atoms in total. The summed E-state index contributed by atoms with van der Waals surface area (Å²) in [7, 11) is 1.79. The van der Waals surface area contributed by atoms with E-state index in [9.17, 15) is 15.0 Å². The Morgan fingerprint density at radius 2 is 1.91 bits per heavy atom. The summed E-state index contributed by atoms with van der Waals surface area (Å²) < 4.78 is 13.0. The summed E-state index contributed by atoms with van der Waals surface area (Å²) in [4.78, 5) is 28.5. The van der Waals surface area contributed by atoms with Gasteiger partial charge in [-0.3, -0.25) is 4.79 Å². The molecule has 0 amide bonds. The predicted octanol–water partition coefficient (Wildman–Crippen LogP) is 4.89. The second-order valence-corrected chi connectivity index (χ2v) is 14.9. The van der Waals surface area contributed by atoms with E-state index in [1.165, 1.54) is 0 Å². The number of carbonyl (C=O) groups is 1. The average molecular weight is 728 g/mol. The zero-order chi connectivity index (χ0) is 31.3. The van der Waals surface area contributed by atoms with Crippen LogP contribution in [0.2, 0.25) is 0 Å². The van der Waals surface area contributed by atoms with Crippen molar-refractivity contribution in [2.45, 2.75) is 70.2 Å². The van der Waals surface area contributed by atoms with Crippen molar-refractivity contribution in [2.75, 3.05) is 56.2 Å². The molecule has 2 N–H and O–H groups in total. The highest BCUT2D eigenvalue weighted by atomic mass is 127. The molecule has 1 atom stereocenters. The molecule has 3 aliphatic heterocycles. The van der Waals surface area contributed by atoms with Gasteiger partial charge in [0.25, 0.3) is 0 Å². The molecular formula is C34H42IN5O5. The first kappa shape index (κ1) is 30.9. The highest BCUT2D eigenvalue weighted by molar-refractivity contribution is 14.1. The lowest BCUT2D eigenvalue weighted by Gasteiger charge is -2.40. The third kappa shape index (κ3) is 5.96. The number of hydrogen-bond donors (Lipinski definition) is 2. The number of halogens is 1. The van der Waals surface area contributed by atoms with Crippen molar-refractivity contribution in [1.82, 2.24) is 14.9 Å². The molecule has 7 rings (SSSR count). The number of aliphatic hydroxyl groups is 1. The van der Waals surface area contributed by atoms with E-state index in [1.54, 1.807) is 13.4 Å². The molecule has 11 heteroatoms. The fraction of sp³-hybridized carbons (Fsp3) is 0.559. The lowest BCUT2D eigenvalue weighted by Crippen LogP contribution is -2.46. The van der Waals surface area contributed by atoms with Crippen LogP contribution >= 0.6 is 22.6 Å². The number of aromatic hydroxyl groups is 1. The first-order valence-electron chi connectivity index (χ1n) is 16.1. The van der Waals surface area contributed by atoms with Gasteiger partial charge in [0.15, 0.2) is 17.8 Å². The molecular weight excluding hydrogens is 685 g/mol. The van der Waals surface area contributed by atoms with E-state index in [4.69, 9.17) is 9.47 Å². The van der Waals surface area contributed by atoms with Crippen molar-refractivity contribution >= 4 is 51.0 Å². The first-order chi connectivity index (χ1) is 21.7. The molecule has 4 heterocycles. The fourth-order valence-electron chi connectivity index (χ4n) is 7.58. The van der Waals surface area contributed by atoms with E-state index in [0.717, 1.165) is 89.3 Å². The smallest absolute Gasteiger partial charge is 0.183 e. The number of phenolic OH excluding ortho intramolecular Hbond substituents is 1. The van der Waals surface area contributed by atoms with Crippen LogP contribution in [0, 0.1) is 8.99 Å². The van der Waals surface area contributed by atoms with Crippen molar-refractivity contribution < 1.29 is 24.5 Å². The van der Waals surface area contributed by atoms with Crippen LogP contribution in [0.4, 0.5) is 11.4 Å². The molecule has 45 heavy (non-hydrogen) atoms. The van der Waals surface area contributed by atoms with Crippen molar-refractivity contribution in [1.29, 1.82) is 0 Å². The Labute approximate surface area is 277 Å². The lowest BCUT2D eigenvalue weighted by atomic mass is 9.92. The van der Waals surface area contributed by atoms with Gasteiger partial charge in [0, 0.05) is 83.6 Å². The summed E-state index contributed by atoms with van der Waals surface area (Å²) >= 11 is 2.29. The quantitative estimate of drug-likeness (QED) is 0.234. The number of fused-ring (bicyclic) bond motifs is 2. The van der Waals surface area contributed by atoms with Gasteiger partial charge in [-0.05, 0) is 80.2 Å². The van der Waals surface area contributed by atoms with Crippen LogP contribution < -0.4 is 14.5 Å². The Morgan fingerprint density at radius 3 is 2.60 bits per heavy atom. The van der Waals surface area contributed by atoms with Crippen molar-refractivity contribution in [3.05, 3.63) is 45.0 Å². The van der Waals surface area contributed by atoms with Crippen LogP contribution in [-0.2, 0) is 17.8 Å². The standard InChI is InChI=1S/C34H42IN5O5/c1-33(43)8-3-11-39(18-33)30-29-27(40-15-22-14-36-21-37-26(22)16-40)5-4-25(35)28(29)24(17-41)32(31(30)42)45-20-34(9-10-34)19-38-12-6-23(44-2)7-13-38/h4-5,14,17,21,23,42-43H,3,6-13,15-16,18-20H2,1-2H3. The Balaban J connectivity index is 1.29. The number of aldehydes is 1. The number of carbonyl (C=O) groups excluding carboxylic acids is 1. The fourth-order valence-corrected chi connectivity index (χ4v) is 8.32. The summed E-state index contributed by atoms with van der Waals surface area (Å²) in [5.41, 5.74) is 3.03. The van der Waals surface area contributed by atoms with Gasteiger partial charge in [0.05, 0.1) is 41.8 Å². The summed E-state index contributed by atoms with van der Waals surface area (Å²) in [5.74, 6) is 0.214. The second-order valence-electron chi connectivity index (χ2n) is 13.7. The number of piperidine rings is 2. The Morgan fingerprint density at radius 1 is 1.11 bits per heavy atom. The molecule has 4 aliphatic rings. The Hall–Kier alpha value is -2.74. The highest BCUT2D eigenvalue weighted by Crippen LogP contribution is 2.53. The van der Waals surface area contributed by atoms with Crippen LogP contribution in [0.3, 0.4) is 0 Å². The Kier molecular flexibility index (Phi) is 8.32. The molecule has 1 aromatic heterocycles. The minimum Gasteiger partial charge on any atom is -0.503 e. The van der Waals surface area contributed by atoms with Crippen LogP contribution in [-0.4, -0.2) is 89.5 Å². The number of methoxy groups -OCH3 is 1. The monoisotopic (exact) mass is 727 g/mol. The van der Waals surface area contributed by atoms with Crippen molar-refractivity contribution in [3.63, 3.8) is 0 Å². The van der Waals surface area contributed by atoms with E-state index in [-0.39, 0.29) is 16.9 Å². The number of aromatic nitrogens is 2.